The number of hydrogen-bond donors (Lipinski definition) is 1. The topological polar surface area (TPSA) is 74.0 Å². The highest BCUT2D eigenvalue weighted by atomic mass is 35.5. The van der Waals surface area contributed by atoms with Gasteiger partial charge in [0.25, 0.3) is 0 Å². The quantitative estimate of drug-likeness (QED) is 0.340. The molecular weight excluding hydrogens is 489 g/mol. The average molecular weight is 514 g/mol. The summed E-state index contributed by atoms with van der Waals surface area (Å²) in [6.07, 6.45) is 6.43. The largest absolute Gasteiger partial charge is 0.333 e. The summed E-state index contributed by atoms with van der Waals surface area (Å²) < 4.78 is 16.2. The van der Waals surface area contributed by atoms with Crippen molar-refractivity contribution in [3.8, 4) is 6.07 Å². The fourth-order valence-electron chi connectivity index (χ4n) is 4.73. The smallest absolute Gasteiger partial charge is 0.326 e. The number of amides is 1. The molecule has 0 saturated carbocycles. The van der Waals surface area contributed by atoms with Crippen LogP contribution in [0.3, 0.4) is 0 Å². The Labute approximate surface area is 219 Å². The minimum absolute atomic E-state index is 0.0318. The van der Waals surface area contributed by atoms with Crippen LogP contribution in [0.2, 0.25) is 5.15 Å². The van der Waals surface area contributed by atoms with Gasteiger partial charge in [-0.3, -0.25) is 9.47 Å². The van der Waals surface area contributed by atoms with Gasteiger partial charge in [-0.1, -0.05) is 53.6 Å². The monoisotopic (exact) mass is 513 g/mol. The minimum Gasteiger partial charge on any atom is -0.333 e. The number of nitrogens with one attached hydrogen (secondary N) is 1. The van der Waals surface area contributed by atoms with E-state index in [0.29, 0.717) is 23.6 Å². The van der Waals surface area contributed by atoms with Crippen LogP contribution in [0.5, 0.6) is 0 Å². The molecule has 37 heavy (non-hydrogen) atoms. The first-order valence-corrected chi connectivity index (χ1v) is 12.4. The van der Waals surface area contributed by atoms with Gasteiger partial charge in [0.15, 0.2) is 0 Å². The lowest BCUT2D eigenvalue weighted by Crippen LogP contribution is -2.34. The van der Waals surface area contributed by atoms with E-state index in [2.05, 4.69) is 58.5 Å². The number of aromatic nitrogens is 2. The third-order valence-corrected chi connectivity index (χ3v) is 6.83. The molecule has 2 aromatic carbocycles. The van der Waals surface area contributed by atoms with E-state index in [4.69, 9.17) is 11.6 Å². The Bertz CT molecular complexity index is 1550. The zero-order valence-corrected chi connectivity index (χ0v) is 21.1. The lowest BCUT2D eigenvalue weighted by molar-refractivity contribution is 0.240. The van der Waals surface area contributed by atoms with Crippen molar-refractivity contribution in [2.45, 2.75) is 26.4 Å². The van der Waals surface area contributed by atoms with Gasteiger partial charge < -0.3 is 5.32 Å². The van der Waals surface area contributed by atoms with Crippen molar-refractivity contribution in [1.29, 1.82) is 5.26 Å². The molecular formula is C29H25ClFN5O. The summed E-state index contributed by atoms with van der Waals surface area (Å²) in [6.45, 7) is 4.41. The van der Waals surface area contributed by atoms with Gasteiger partial charge >= 0.3 is 6.03 Å². The highest BCUT2D eigenvalue weighted by molar-refractivity contribution is 6.29. The molecule has 0 saturated heterocycles. The van der Waals surface area contributed by atoms with Crippen molar-refractivity contribution in [1.82, 2.24) is 19.8 Å². The Morgan fingerprint density at radius 3 is 2.81 bits per heavy atom. The van der Waals surface area contributed by atoms with Crippen LogP contribution in [0, 0.1) is 24.1 Å². The van der Waals surface area contributed by atoms with Crippen LogP contribution in [0.1, 0.15) is 33.5 Å². The number of halogens is 2. The van der Waals surface area contributed by atoms with Crippen molar-refractivity contribution in [2.24, 2.45) is 0 Å². The third kappa shape index (κ3) is 5.26. The van der Waals surface area contributed by atoms with E-state index in [9.17, 15) is 14.4 Å². The second kappa shape index (κ2) is 10.6. The molecule has 0 atom stereocenters. The maximum absolute atomic E-state index is 14.6. The van der Waals surface area contributed by atoms with Crippen LogP contribution in [-0.2, 0) is 19.5 Å². The lowest BCUT2D eigenvalue weighted by atomic mass is 10.0. The van der Waals surface area contributed by atoms with Crippen LogP contribution in [0.15, 0.2) is 60.8 Å². The first-order chi connectivity index (χ1) is 17.9. The number of pyridine rings is 1. The number of carbonyl (C=O) groups is 1. The van der Waals surface area contributed by atoms with Gasteiger partial charge in [0.05, 0.1) is 11.1 Å². The second-order valence-corrected chi connectivity index (χ2v) is 9.55. The zero-order chi connectivity index (χ0) is 25.9. The van der Waals surface area contributed by atoms with Crippen LogP contribution in [-0.4, -0.2) is 33.6 Å². The Hall–Kier alpha value is -3.99. The average Bonchev–Trinajstić information content (AvgIpc) is 3.20. The molecule has 5 rings (SSSR count). The van der Waals surface area contributed by atoms with E-state index < -0.39 is 5.82 Å². The highest BCUT2D eigenvalue weighted by Crippen LogP contribution is 2.32. The molecule has 0 radical (unpaired) electrons. The van der Waals surface area contributed by atoms with Gasteiger partial charge in [-0.15, -0.1) is 0 Å². The summed E-state index contributed by atoms with van der Waals surface area (Å²) in [5.74, 6) is -0.641. The van der Waals surface area contributed by atoms with E-state index in [1.165, 1.54) is 11.6 Å². The summed E-state index contributed by atoms with van der Waals surface area (Å²) in [5, 5.41) is 13.4. The Balaban J connectivity index is 1.42. The van der Waals surface area contributed by atoms with Gasteiger partial charge in [-0.25, -0.2) is 14.2 Å². The van der Waals surface area contributed by atoms with E-state index in [-0.39, 0.29) is 18.1 Å². The van der Waals surface area contributed by atoms with Gasteiger partial charge in [-0.2, -0.15) is 5.26 Å². The molecule has 0 spiro atoms. The van der Waals surface area contributed by atoms with Gasteiger partial charge in [0.2, 0.25) is 0 Å². The molecule has 3 heterocycles. The SMILES string of the molecule is Cc1ccc(/C=C/CN2CCc3c(c4cc(C#N)c(F)cc4n3C(=O)NCc3ccnc(Cl)c3)C2)cc1. The molecule has 8 heteroatoms. The predicted octanol–water partition coefficient (Wildman–Crippen LogP) is 5.84. The molecule has 2 aromatic heterocycles. The van der Waals surface area contributed by atoms with Crippen LogP contribution in [0.4, 0.5) is 9.18 Å². The van der Waals surface area contributed by atoms with Crippen LogP contribution >= 0.6 is 11.6 Å². The molecule has 186 valence electrons. The molecule has 0 aliphatic carbocycles. The first-order valence-electron chi connectivity index (χ1n) is 12.0. The number of fused-ring (bicyclic) bond motifs is 3. The molecule has 1 N–H and O–H groups in total. The second-order valence-electron chi connectivity index (χ2n) is 9.17. The van der Waals surface area contributed by atoms with Gasteiger partial charge in [-0.05, 0) is 41.8 Å². The van der Waals surface area contributed by atoms with E-state index >= 15 is 0 Å². The van der Waals surface area contributed by atoms with Crippen molar-refractivity contribution in [2.75, 3.05) is 13.1 Å². The normalized spacial score (nSPS) is 13.6. The summed E-state index contributed by atoms with van der Waals surface area (Å²) >= 11 is 5.96. The minimum atomic E-state index is -0.641. The lowest BCUT2D eigenvalue weighted by Gasteiger charge is -2.27. The fourth-order valence-corrected chi connectivity index (χ4v) is 4.93. The summed E-state index contributed by atoms with van der Waals surface area (Å²) in [4.78, 5) is 19.6. The molecule has 1 aliphatic heterocycles. The van der Waals surface area contributed by atoms with E-state index in [0.717, 1.165) is 40.9 Å². The predicted molar refractivity (Wildman–Crippen MR) is 143 cm³/mol. The number of rotatable bonds is 5. The Morgan fingerprint density at radius 2 is 2.05 bits per heavy atom. The number of nitrogens with zero attached hydrogens (tertiary/aromatic N) is 4. The number of nitriles is 1. The highest BCUT2D eigenvalue weighted by Gasteiger charge is 2.27. The molecule has 0 unspecified atom stereocenters. The van der Waals surface area contributed by atoms with E-state index in [1.54, 1.807) is 29.0 Å². The molecule has 1 amide bonds. The first kappa shape index (κ1) is 24.7. The van der Waals surface area contributed by atoms with E-state index in [1.807, 2.05) is 6.07 Å². The molecule has 4 aromatic rings. The fraction of sp³-hybridized carbons (Fsp3) is 0.207. The number of hydrogen-bond acceptors (Lipinski definition) is 4. The van der Waals surface area contributed by atoms with Gasteiger partial charge in [0, 0.05) is 55.9 Å². The van der Waals surface area contributed by atoms with Gasteiger partial charge in [0.1, 0.15) is 17.0 Å². The summed E-state index contributed by atoms with van der Waals surface area (Å²) in [7, 11) is 0. The van der Waals surface area contributed by atoms with Crippen molar-refractivity contribution >= 4 is 34.6 Å². The molecule has 0 bridgehead atoms. The van der Waals surface area contributed by atoms with Crippen molar-refractivity contribution in [3.05, 3.63) is 105 Å². The number of aryl methyl sites for hydroxylation is 1. The standard InChI is InChI=1S/C29H25ClFN5O/c1-19-4-6-20(7-5-19)3-2-11-35-12-9-26-24(18-35)23-14-22(16-32)25(31)15-27(23)36(26)29(37)34-17-21-8-10-33-28(30)13-21/h2-8,10,13-15H,9,11-12,17-18H2,1H3,(H,34,37)/b3-2+. The van der Waals surface area contributed by atoms with Crippen LogP contribution in [0.25, 0.3) is 17.0 Å². The maximum atomic E-state index is 14.6. The molecule has 6 nitrogen and oxygen atoms in total. The maximum Gasteiger partial charge on any atom is 0.326 e. The summed E-state index contributed by atoms with van der Waals surface area (Å²) in [6, 6.07) is 16.2. The summed E-state index contributed by atoms with van der Waals surface area (Å²) in [5.41, 5.74) is 5.39. The molecule has 1 aliphatic rings. The number of benzene rings is 2. The number of carbonyl (C=O) groups excluding carboxylic acids is 1. The van der Waals surface area contributed by atoms with Crippen LogP contribution < -0.4 is 5.32 Å². The van der Waals surface area contributed by atoms with Crippen molar-refractivity contribution in [3.63, 3.8) is 0 Å². The third-order valence-electron chi connectivity index (χ3n) is 6.63. The van der Waals surface area contributed by atoms with Crippen molar-refractivity contribution < 1.29 is 9.18 Å². The Morgan fingerprint density at radius 1 is 1.24 bits per heavy atom. The zero-order valence-electron chi connectivity index (χ0n) is 20.3. The Kier molecular flexibility index (Phi) is 7.04. The molecule has 0 fully saturated rings.